The number of halogens is 6. The van der Waals surface area contributed by atoms with Crippen molar-refractivity contribution in [1.82, 2.24) is 5.32 Å². The van der Waals surface area contributed by atoms with Crippen LogP contribution in [0.3, 0.4) is 0 Å². The number of anilines is 1. The van der Waals surface area contributed by atoms with Crippen LogP contribution in [0.15, 0.2) is 58.1 Å². The van der Waals surface area contributed by atoms with E-state index in [-0.39, 0.29) is 9.92 Å². The van der Waals surface area contributed by atoms with Gasteiger partial charge in [0.15, 0.2) is 4.91 Å². The minimum atomic E-state index is -4.96. The molecule has 2 N–H and O–H groups in total. The van der Waals surface area contributed by atoms with Crippen LogP contribution >= 0.6 is 11.6 Å². The number of alkyl halides is 5. The molecule has 0 aromatic heterocycles. The molecule has 36 heavy (non-hydrogen) atoms. The SMILES string of the molecule is CC(N/C(Nc1cc(C(C)(F)F)cc(C(F)(F)F)c1)=C(\C#N)S(=O)(=O)c1ccc(Cl)cc1)C(C)(C)C. The predicted molar refractivity (Wildman–Crippen MR) is 128 cm³/mol. The minimum Gasteiger partial charge on any atom is -0.367 e. The van der Waals surface area contributed by atoms with Crippen molar-refractivity contribution in [2.24, 2.45) is 5.41 Å². The van der Waals surface area contributed by atoms with Gasteiger partial charge in [-0.3, -0.25) is 0 Å². The number of hydrogen-bond acceptors (Lipinski definition) is 5. The molecule has 0 aliphatic carbocycles. The highest BCUT2D eigenvalue weighted by molar-refractivity contribution is 7.95. The molecule has 0 aliphatic rings. The molecule has 1 atom stereocenters. The van der Waals surface area contributed by atoms with E-state index in [4.69, 9.17) is 11.6 Å². The first-order valence-electron chi connectivity index (χ1n) is 10.6. The van der Waals surface area contributed by atoms with Crippen molar-refractivity contribution in [3.05, 3.63) is 69.3 Å². The Morgan fingerprint density at radius 2 is 1.50 bits per heavy atom. The lowest BCUT2D eigenvalue weighted by Crippen LogP contribution is -2.40. The number of rotatable bonds is 7. The maximum Gasteiger partial charge on any atom is 0.416 e. The van der Waals surface area contributed by atoms with E-state index in [1.807, 2.05) is 20.8 Å². The first kappa shape index (κ1) is 29.4. The summed E-state index contributed by atoms with van der Waals surface area (Å²) in [5, 5.41) is 15.3. The third kappa shape index (κ3) is 7.11. The zero-order valence-corrected chi connectivity index (χ0v) is 21.6. The highest BCUT2D eigenvalue weighted by Gasteiger charge is 2.35. The summed E-state index contributed by atoms with van der Waals surface area (Å²) < 4.78 is 94.9. The zero-order chi connectivity index (χ0) is 27.7. The van der Waals surface area contributed by atoms with E-state index in [0.717, 1.165) is 6.07 Å². The van der Waals surface area contributed by atoms with Gasteiger partial charge < -0.3 is 10.6 Å². The lowest BCUT2D eigenvalue weighted by atomic mass is 9.88. The van der Waals surface area contributed by atoms with Gasteiger partial charge in [0.05, 0.1) is 10.5 Å². The summed E-state index contributed by atoms with van der Waals surface area (Å²) in [6, 6.07) is 7.64. The van der Waals surface area contributed by atoms with Crippen molar-refractivity contribution in [2.75, 3.05) is 5.32 Å². The number of allylic oxidation sites excluding steroid dienone is 1. The van der Waals surface area contributed by atoms with Crippen LogP contribution in [0.5, 0.6) is 0 Å². The van der Waals surface area contributed by atoms with E-state index < -0.39 is 60.9 Å². The zero-order valence-electron chi connectivity index (χ0n) is 20.1. The Bertz CT molecular complexity index is 1260. The van der Waals surface area contributed by atoms with Gasteiger partial charge in [-0.05, 0) is 54.8 Å². The lowest BCUT2D eigenvalue weighted by Gasteiger charge is -2.31. The van der Waals surface area contributed by atoms with Gasteiger partial charge in [-0.2, -0.15) is 18.4 Å². The van der Waals surface area contributed by atoms with E-state index in [0.29, 0.717) is 19.1 Å². The Balaban J connectivity index is 2.78. The number of nitriles is 1. The average molecular weight is 550 g/mol. The van der Waals surface area contributed by atoms with Crippen molar-refractivity contribution in [1.29, 1.82) is 5.26 Å². The molecule has 0 spiro atoms. The summed E-state index contributed by atoms with van der Waals surface area (Å²) in [5.41, 5.74) is -3.29. The molecule has 2 rings (SSSR count). The van der Waals surface area contributed by atoms with E-state index >= 15 is 0 Å². The largest absolute Gasteiger partial charge is 0.416 e. The minimum absolute atomic E-state index is 0.242. The molecule has 0 bridgehead atoms. The van der Waals surface area contributed by atoms with Crippen LogP contribution in [0.1, 0.15) is 45.7 Å². The molecule has 0 amide bonds. The van der Waals surface area contributed by atoms with E-state index in [1.54, 1.807) is 13.0 Å². The molecular weight excluding hydrogens is 525 g/mol. The maximum atomic E-state index is 14.0. The highest BCUT2D eigenvalue weighted by atomic mass is 35.5. The topological polar surface area (TPSA) is 82.0 Å². The summed E-state index contributed by atoms with van der Waals surface area (Å²) >= 11 is 5.82. The van der Waals surface area contributed by atoms with Gasteiger partial charge in [-0.15, -0.1) is 0 Å². The second kappa shape index (κ2) is 10.3. The van der Waals surface area contributed by atoms with Gasteiger partial charge in [-0.25, -0.2) is 17.2 Å². The predicted octanol–water partition coefficient (Wildman–Crippen LogP) is 7.07. The van der Waals surface area contributed by atoms with Gasteiger partial charge >= 0.3 is 6.18 Å². The first-order chi connectivity index (χ1) is 16.3. The van der Waals surface area contributed by atoms with Gasteiger partial charge in [0.2, 0.25) is 9.84 Å². The van der Waals surface area contributed by atoms with Gasteiger partial charge in [0, 0.05) is 29.2 Å². The molecule has 0 saturated carbocycles. The second-order valence-corrected chi connectivity index (χ2v) is 11.6. The monoisotopic (exact) mass is 549 g/mol. The fourth-order valence-electron chi connectivity index (χ4n) is 2.83. The number of sulfone groups is 1. The van der Waals surface area contributed by atoms with Gasteiger partial charge in [0.1, 0.15) is 11.9 Å². The molecule has 2 aromatic rings. The normalized spacial score (nSPS) is 14.5. The van der Waals surface area contributed by atoms with Crippen LogP contribution in [-0.4, -0.2) is 14.5 Å². The Kier molecular flexibility index (Phi) is 8.38. The Hall–Kier alpha value is -2.84. The Morgan fingerprint density at radius 1 is 0.972 bits per heavy atom. The molecule has 196 valence electrons. The van der Waals surface area contributed by atoms with Crippen molar-refractivity contribution in [3.63, 3.8) is 0 Å². The second-order valence-electron chi connectivity index (χ2n) is 9.32. The van der Waals surface area contributed by atoms with E-state index in [1.165, 1.54) is 24.3 Å². The molecule has 1 unspecified atom stereocenters. The standard InChI is InChI=1S/C24H25ClF5N3O2S/c1-14(22(2,3)4)32-21(20(13-31)36(34,35)19-8-6-17(25)7-9-19)33-18-11-15(23(5,26)27)10-16(12-18)24(28,29)30/h6-12,14,32-33H,1-5H3/b21-20-. The summed E-state index contributed by atoms with van der Waals surface area (Å²) in [6.07, 6.45) is -4.96. The highest BCUT2D eigenvalue weighted by Crippen LogP contribution is 2.37. The van der Waals surface area contributed by atoms with Crippen molar-refractivity contribution < 1.29 is 30.4 Å². The number of hydrogen-bond donors (Lipinski definition) is 2. The van der Waals surface area contributed by atoms with Crippen LogP contribution in [0.4, 0.5) is 27.6 Å². The van der Waals surface area contributed by atoms with Crippen LogP contribution in [0.25, 0.3) is 0 Å². The Morgan fingerprint density at radius 3 is 1.94 bits per heavy atom. The fraction of sp³-hybridized carbons (Fsp3) is 0.375. The number of nitrogens with zero attached hydrogens (tertiary/aromatic N) is 1. The smallest absolute Gasteiger partial charge is 0.367 e. The summed E-state index contributed by atoms with van der Waals surface area (Å²) in [7, 11) is -4.49. The molecule has 0 aliphatic heterocycles. The number of benzene rings is 2. The number of nitrogens with one attached hydrogen (secondary N) is 2. The summed E-state index contributed by atoms with van der Waals surface area (Å²) in [4.78, 5) is -1.14. The molecule has 0 fully saturated rings. The van der Waals surface area contributed by atoms with Crippen LogP contribution in [0.2, 0.25) is 5.02 Å². The van der Waals surface area contributed by atoms with Crippen LogP contribution in [-0.2, 0) is 21.9 Å². The third-order valence-electron chi connectivity index (χ3n) is 5.42. The molecule has 12 heteroatoms. The third-order valence-corrected chi connectivity index (χ3v) is 7.40. The van der Waals surface area contributed by atoms with Crippen molar-refractivity contribution in [2.45, 2.75) is 57.7 Å². The Labute approximate surface area is 211 Å². The van der Waals surface area contributed by atoms with Gasteiger partial charge in [0.25, 0.3) is 5.92 Å². The maximum absolute atomic E-state index is 14.0. The molecule has 2 aromatic carbocycles. The molecular formula is C24H25ClF5N3O2S. The summed E-state index contributed by atoms with van der Waals surface area (Å²) in [6.45, 7) is 7.53. The van der Waals surface area contributed by atoms with E-state index in [9.17, 15) is 35.6 Å². The van der Waals surface area contributed by atoms with Crippen LogP contribution in [0, 0.1) is 16.7 Å². The fourth-order valence-corrected chi connectivity index (χ4v) is 4.19. The molecule has 0 radical (unpaired) electrons. The molecule has 0 heterocycles. The lowest BCUT2D eigenvalue weighted by molar-refractivity contribution is -0.137. The quantitative estimate of drug-likeness (QED) is 0.285. The van der Waals surface area contributed by atoms with Crippen molar-refractivity contribution in [3.8, 4) is 6.07 Å². The summed E-state index contributed by atoms with van der Waals surface area (Å²) in [5.74, 6) is -4.08. The van der Waals surface area contributed by atoms with Gasteiger partial charge in [-0.1, -0.05) is 32.4 Å². The van der Waals surface area contributed by atoms with Crippen molar-refractivity contribution >= 4 is 27.1 Å². The first-order valence-corrected chi connectivity index (χ1v) is 12.4. The molecule has 5 nitrogen and oxygen atoms in total. The average Bonchev–Trinajstić information content (AvgIpc) is 2.72. The molecule has 0 saturated heterocycles. The van der Waals surface area contributed by atoms with Crippen LogP contribution < -0.4 is 10.6 Å². The van der Waals surface area contributed by atoms with E-state index in [2.05, 4.69) is 10.6 Å².